The molecular formula is C43H32S3. The van der Waals surface area contributed by atoms with Gasteiger partial charge in [-0.25, -0.2) is 0 Å². The van der Waals surface area contributed by atoms with Gasteiger partial charge in [0.25, 0.3) is 0 Å². The number of rotatable bonds is 3. The van der Waals surface area contributed by atoms with E-state index in [4.69, 9.17) is 0 Å². The Morgan fingerprint density at radius 1 is 0.609 bits per heavy atom. The second-order valence-electron chi connectivity index (χ2n) is 12.3. The zero-order valence-electron chi connectivity index (χ0n) is 25.6. The van der Waals surface area contributed by atoms with Crippen LogP contribution in [0.1, 0.15) is 47.4 Å². The van der Waals surface area contributed by atoms with E-state index in [0.29, 0.717) is 5.92 Å². The Bertz CT molecular complexity index is 2430. The molecule has 0 radical (unpaired) electrons. The predicted molar refractivity (Wildman–Crippen MR) is 206 cm³/mol. The second-order valence-corrected chi connectivity index (χ2v) is 15.5. The van der Waals surface area contributed by atoms with E-state index in [1.807, 2.05) is 34.4 Å². The van der Waals surface area contributed by atoms with Crippen molar-refractivity contribution >= 4 is 85.9 Å². The summed E-state index contributed by atoms with van der Waals surface area (Å²) in [6.07, 6.45) is 15.1. The lowest BCUT2D eigenvalue weighted by Gasteiger charge is -2.27. The van der Waals surface area contributed by atoms with Crippen LogP contribution in [-0.4, -0.2) is 5.75 Å². The molecule has 3 heteroatoms. The van der Waals surface area contributed by atoms with Crippen molar-refractivity contribution in [2.45, 2.75) is 30.1 Å². The smallest absolute Gasteiger partial charge is 0.0433 e. The van der Waals surface area contributed by atoms with Crippen molar-refractivity contribution in [3.63, 3.8) is 0 Å². The molecule has 0 fully saturated rings. The van der Waals surface area contributed by atoms with Crippen LogP contribution in [0.15, 0.2) is 144 Å². The van der Waals surface area contributed by atoms with Crippen LogP contribution in [0.4, 0.5) is 0 Å². The number of thioether (sulfide) groups is 1. The molecule has 1 aliphatic heterocycles. The van der Waals surface area contributed by atoms with Crippen LogP contribution in [0, 0.1) is 0 Å². The van der Waals surface area contributed by atoms with E-state index in [-0.39, 0.29) is 5.92 Å². The number of allylic oxidation sites excluding steroid dienone is 7. The van der Waals surface area contributed by atoms with Gasteiger partial charge in [0.1, 0.15) is 0 Å². The SMILES string of the molecule is CC1C=CC=CCSc2c1cccc2C1C=C(c2cccc3c2sc2ccccc23)C=C(c2cccc3c2sc2ccccc23)C1. The van der Waals surface area contributed by atoms with Gasteiger partial charge in [0.05, 0.1) is 0 Å². The molecule has 7 aromatic rings. The van der Waals surface area contributed by atoms with Gasteiger partial charge in [-0.1, -0.05) is 134 Å². The van der Waals surface area contributed by atoms with Crippen LogP contribution in [0.2, 0.25) is 0 Å². The first kappa shape index (κ1) is 28.1. The molecule has 46 heavy (non-hydrogen) atoms. The normalized spacial score (nSPS) is 18.4. The quantitative estimate of drug-likeness (QED) is 0.184. The van der Waals surface area contributed by atoms with E-state index in [1.165, 1.54) is 78.6 Å². The molecule has 2 unspecified atom stereocenters. The summed E-state index contributed by atoms with van der Waals surface area (Å²) in [6.45, 7) is 2.33. The van der Waals surface area contributed by atoms with Crippen molar-refractivity contribution in [1.29, 1.82) is 0 Å². The number of hydrogen-bond acceptors (Lipinski definition) is 3. The molecule has 3 heterocycles. The highest BCUT2D eigenvalue weighted by atomic mass is 32.2. The lowest BCUT2D eigenvalue weighted by atomic mass is 9.80. The summed E-state index contributed by atoms with van der Waals surface area (Å²) >= 11 is 5.85. The first-order valence-electron chi connectivity index (χ1n) is 16.1. The summed E-state index contributed by atoms with van der Waals surface area (Å²) < 4.78 is 5.48. The Morgan fingerprint density at radius 2 is 1.24 bits per heavy atom. The van der Waals surface area contributed by atoms with Crippen LogP contribution < -0.4 is 0 Å². The number of hydrogen-bond donors (Lipinski definition) is 0. The Labute approximate surface area is 282 Å². The molecule has 0 N–H and O–H groups in total. The lowest BCUT2D eigenvalue weighted by molar-refractivity contribution is 0.826. The summed E-state index contributed by atoms with van der Waals surface area (Å²) in [5.74, 6) is 1.62. The molecule has 5 aromatic carbocycles. The minimum atomic E-state index is 0.271. The van der Waals surface area contributed by atoms with E-state index in [1.54, 1.807) is 0 Å². The second kappa shape index (κ2) is 11.6. The highest BCUT2D eigenvalue weighted by Gasteiger charge is 2.26. The Balaban J connectivity index is 1.27. The monoisotopic (exact) mass is 644 g/mol. The Kier molecular flexibility index (Phi) is 7.07. The van der Waals surface area contributed by atoms with Crippen LogP contribution >= 0.6 is 34.4 Å². The fourth-order valence-corrected chi connectivity index (χ4v) is 11.0. The molecule has 0 spiro atoms. The summed E-state index contributed by atoms with van der Waals surface area (Å²) in [6, 6.07) is 38.5. The maximum Gasteiger partial charge on any atom is 0.0433 e. The minimum absolute atomic E-state index is 0.271. The van der Waals surface area contributed by atoms with E-state index in [0.717, 1.165) is 12.2 Å². The van der Waals surface area contributed by atoms with Crippen molar-refractivity contribution in [2.75, 3.05) is 5.75 Å². The molecule has 0 saturated heterocycles. The topological polar surface area (TPSA) is 0 Å². The molecule has 1 aliphatic carbocycles. The van der Waals surface area contributed by atoms with Crippen molar-refractivity contribution < 1.29 is 0 Å². The third kappa shape index (κ3) is 4.72. The van der Waals surface area contributed by atoms with Gasteiger partial charge in [-0.3, -0.25) is 0 Å². The average molecular weight is 645 g/mol. The summed E-state index contributed by atoms with van der Waals surface area (Å²) in [5, 5.41) is 5.42. The number of thiophene rings is 2. The first-order valence-corrected chi connectivity index (χ1v) is 18.7. The van der Waals surface area contributed by atoms with Crippen molar-refractivity contribution in [3.8, 4) is 0 Å². The van der Waals surface area contributed by atoms with E-state index >= 15 is 0 Å². The molecule has 0 saturated carbocycles. The van der Waals surface area contributed by atoms with Crippen molar-refractivity contribution in [2.24, 2.45) is 0 Å². The minimum Gasteiger partial charge on any atom is -0.135 e. The van der Waals surface area contributed by atoms with Gasteiger partial charge in [-0.2, -0.15) is 0 Å². The van der Waals surface area contributed by atoms with Crippen LogP contribution in [0.25, 0.3) is 51.5 Å². The molecule has 222 valence electrons. The lowest BCUT2D eigenvalue weighted by Crippen LogP contribution is -2.07. The van der Waals surface area contributed by atoms with Gasteiger partial charge < -0.3 is 0 Å². The largest absolute Gasteiger partial charge is 0.135 e. The third-order valence-electron chi connectivity index (χ3n) is 9.55. The standard InChI is InChI=1S/C43H32S3/c1-27-12-3-2-8-23-44-41-31(27)15-9-16-32(41)28-24-29(33-17-10-19-37-35-13-4-6-21-39(35)45-42(33)37)26-30(25-28)34-18-11-20-38-36-14-5-7-22-40(36)46-43(34)38/h2-22,24,26-28H,23,25H2,1H3. The number of benzene rings is 5. The maximum atomic E-state index is 2.58. The fraction of sp³-hybridized carbons (Fsp3) is 0.116. The molecule has 2 aliphatic rings. The van der Waals surface area contributed by atoms with E-state index < -0.39 is 0 Å². The van der Waals surface area contributed by atoms with Crippen LogP contribution in [0.5, 0.6) is 0 Å². The molecule has 2 aromatic heterocycles. The summed E-state index contributed by atoms with van der Waals surface area (Å²) in [7, 11) is 0. The van der Waals surface area contributed by atoms with E-state index in [2.05, 4.69) is 147 Å². The van der Waals surface area contributed by atoms with Crippen LogP contribution in [-0.2, 0) is 0 Å². The molecular weight excluding hydrogens is 613 g/mol. The van der Waals surface area contributed by atoms with Gasteiger partial charge in [-0.15, -0.1) is 34.4 Å². The molecule has 0 amide bonds. The summed E-state index contributed by atoms with van der Waals surface area (Å²) in [4.78, 5) is 1.45. The van der Waals surface area contributed by atoms with Gasteiger partial charge in [-0.05, 0) is 52.0 Å². The van der Waals surface area contributed by atoms with Gasteiger partial charge >= 0.3 is 0 Å². The number of fused-ring (bicyclic) bond motifs is 7. The molecule has 2 atom stereocenters. The zero-order valence-corrected chi connectivity index (χ0v) is 28.0. The maximum absolute atomic E-state index is 2.58. The third-order valence-corrected chi connectivity index (χ3v) is 13.1. The predicted octanol–water partition coefficient (Wildman–Crippen LogP) is 13.4. The average Bonchev–Trinajstić information content (AvgIpc) is 3.70. The molecule has 9 rings (SSSR count). The zero-order chi connectivity index (χ0) is 30.6. The van der Waals surface area contributed by atoms with E-state index in [9.17, 15) is 0 Å². The molecule has 0 bridgehead atoms. The van der Waals surface area contributed by atoms with Gasteiger partial charge in [0, 0.05) is 62.8 Å². The highest BCUT2D eigenvalue weighted by molar-refractivity contribution is 7.99. The first-order chi connectivity index (χ1) is 22.7. The van der Waals surface area contributed by atoms with Gasteiger partial charge in [0.15, 0.2) is 0 Å². The highest BCUT2D eigenvalue weighted by Crippen LogP contribution is 2.48. The van der Waals surface area contributed by atoms with Crippen LogP contribution in [0.3, 0.4) is 0 Å². The van der Waals surface area contributed by atoms with Gasteiger partial charge in [0.2, 0.25) is 0 Å². The van der Waals surface area contributed by atoms with Crippen molar-refractivity contribution in [1.82, 2.24) is 0 Å². The summed E-state index contributed by atoms with van der Waals surface area (Å²) in [5.41, 5.74) is 8.36. The molecule has 0 nitrogen and oxygen atoms in total. The fourth-order valence-electron chi connectivity index (χ4n) is 7.33. The Hall–Kier alpha value is -4.15. The van der Waals surface area contributed by atoms with Crippen molar-refractivity contribution in [3.05, 3.63) is 162 Å². The Morgan fingerprint density at radius 3 is 2.00 bits per heavy atom.